The van der Waals surface area contributed by atoms with Crippen molar-refractivity contribution in [3.8, 4) is 5.69 Å². The van der Waals surface area contributed by atoms with Crippen LogP contribution in [0.1, 0.15) is 0 Å². The summed E-state index contributed by atoms with van der Waals surface area (Å²) in [7, 11) is 2.34. The number of hydrogen-bond acceptors (Lipinski definition) is 6. The van der Waals surface area contributed by atoms with Crippen LogP contribution in [-0.2, 0) is 19.1 Å². The van der Waals surface area contributed by atoms with E-state index in [9.17, 15) is 14.0 Å². The predicted octanol–water partition coefficient (Wildman–Crippen LogP) is 1.65. The highest BCUT2D eigenvalue weighted by molar-refractivity contribution is 5.98. The zero-order valence-corrected chi connectivity index (χ0v) is 12.4. The lowest BCUT2D eigenvalue weighted by Gasteiger charge is -2.10. The molecule has 2 rings (SSSR count). The Balaban J connectivity index is 2.27. The van der Waals surface area contributed by atoms with Gasteiger partial charge in [-0.3, -0.25) is 0 Å². The van der Waals surface area contributed by atoms with E-state index in [1.165, 1.54) is 36.2 Å². The van der Waals surface area contributed by atoms with Gasteiger partial charge in [-0.05, 0) is 24.3 Å². The Morgan fingerprint density at radius 1 is 1.30 bits per heavy atom. The van der Waals surface area contributed by atoms with Gasteiger partial charge in [0.2, 0.25) is 0 Å². The second-order valence-corrected chi connectivity index (χ2v) is 4.31. The van der Waals surface area contributed by atoms with E-state index >= 15 is 0 Å². The number of anilines is 1. The molecule has 1 aromatic carbocycles. The first-order valence-electron chi connectivity index (χ1n) is 6.49. The minimum absolute atomic E-state index is 0.175. The summed E-state index contributed by atoms with van der Waals surface area (Å²) in [6.07, 6.45) is 4.05. The van der Waals surface area contributed by atoms with E-state index in [0.717, 1.165) is 13.2 Å². The number of ether oxygens (including phenoxy) is 2. The highest BCUT2D eigenvalue weighted by Gasteiger charge is 2.14. The van der Waals surface area contributed by atoms with Gasteiger partial charge in [0.05, 0.1) is 20.3 Å². The van der Waals surface area contributed by atoms with Crippen molar-refractivity contribution in [2.24, 2.45) is 0 Å². The van der Waals surface area contributed by atoms with Crippen LogP contribution in [0.25, 0.3) is 5.69 Å². The van der Waals surface area contributed by atoms with Crippen LogP contribution in [0.5, 0.6) is 0 Å². The average molecular weight is 319 g/mol. The molecule has 0 bridgehead atoms. The fraction of sp³-hybridized carbons (Fsp3) is 0.133. The van der Waals surface area contributed by atoms with E-state index in [4.69, 9.17) is 0 Å². The number of carbonyl (C=O) groups excluding carboxylic acids is 2. The van der Waals surface area contributed by atoms with Crippen molar-refractivity contribution in [3.63, 3.8) is 0 Å². The van der Waals surface area contributed by atoms with Crippen molar-refractivity contribution >= 4 is 17.6 Å². The fourth-order valence-electron chi connectivity index (χ4n) is 1.77. The van der Waals surface area contributed by atoms with Crippen molar-refractivity contribution in [1.29, 1.82) is 0 Å². The van der Waals surface area contributed by atoms with Crippen molar-refractivity contribution < 1.29 is 23.5 Å². The topological polar surface area (TPSA) is 82.5 Å². The van der Waals surface area contributed by atoms with E-state index in [1.54, 1.807) is 12.3 Å². The molecule has 120 valence electrons. The highest BCUT2D eigenvalue weighted by Crippen LogP contribution is 2.19. The molecule has 23 heavy (non-hydrogen) atoms. The number of nitrogens with one attached hydrogen (secondary N) is 1. The number of nitrogens with zero attached hydrogens (tertiary/aromatic N) is 2. The molecule has 0 unspecified atom stereocenters. The molecule has 0 spiro atoms. The van der Waals surface area contributed by atoms with Gasteiger partial charge < -0.3 is 14.8 Å². The summed E-state index contributed by atoms with van der Waals surface area (Å²) in [6, 6.07) is 5.86. The van der Waals surface area contributed by atoms with E-state index in [1.807, 2.05) is 0 Å². The number of methoxy groups -OCH3 is 2. The summed E-state index contributed by atoms with van der Waals surface area (Å²) in [6.45, 7) is 0. The maximum atomic E-state index is 14.1. The van der Waals surface area contributed by atoms with Crippen LogP contribution in [0.15, 0.2) is 48.4 Å². The van der Waals surface area contributed by atoms with Gasteiger partial charge in [-0.15, -0.1) is 0 Å². The molecule has 0 aliphatic carbocycles. The van der Waals surface area contributed by atoms with Gasteiger partial charge in [-0.2, -0.15) is 5.10 Å². The van der Waals surface area contributed by atoms with E-state index in [0.29, 0.717) is 0 Å². The Hall–Kier alpha value is -3.16. The summed E-state index contributed by atoms with van der Waals surface area (Å²) >= 11 is 0. The monoisotopic (exact) mass is 319 g/mol. The lowest BCUT2D eigenvalue weighted by Crippen LogP contribution is -2.15. The highest BCUT2D eigenvalue weighted by atomic mass is 19.1. The lowest BCUT2D eigenvalue weighted by molar-refractivity contribution is -0.138. The fourth-order valence-corrected chi connectivity index (χ4v) is 1.77. The minimum atomic E-state index is -0.785. The number of esters is 2. The zero-order chi connectivity index (χ0) is 16.8. The van der Waals surface area contributed by atoms with Gasteiger partial charge in [0.25, 0.3) is 0 Å². The molecule has 0 aliphatic heterocycles. The van der Waals surface area contributed by atoms with Crippen LogP contribution in [0.4, 0.5) is 10.1 Å². The largest absolute Gasteiger partial charge is 0.466 e. The van der Waals surface area contributed by atoms with Gasteiger partial charge in [-0.25, -0.2) is 18.7 Å². The molecule has 0 saturated carbocycles. The van der Waals surface area contributed by atoms with Crippen molar-refractivity contribution in [3.05, 3.63) is 54.2 Å². The molecule has 0 atom stereocenters. The lowest BCUT2D eigenvalue weighted by atomic mass is 10.2. The molecule has 1 N–H and O–H groups in total. The molecule has 1 aromatic heterocycles. The summed E-state index contributed by atoms with van der Waals surface area (Å²) in [5.74, 6) is -2.08. The third-order valence-corrected chi connectivity index (χ3v) is 2.85. The van der Waals surface area contributed by atoms with Crippen LogP contribution in [0, 0.1) is 5.82 Å². The SMILES string of the molecule is COC(=O)/C=C(/Nc1ccc(-n2cccn2)c(F)c1)C(=O)OC. The molecule has 8 heteroatoms. The summed E-state index contributed by atoms with van der Waals surface area (Å²) in [5.41, 5.74) is 0.335. The Bertz CT molecular complexity index is 741. The Morgan fingerprint density at radius 3 is 2.65 bits per heavy atom. The van der Waals surface area contributed by atoms with Crippen LogP contribution in [0.2, 0.25) is 0 Å². The van der Waals surface area contributed by atoms with Gasteiger partial charge in [0.15, 0.2) is 5.82 Å². The summed E-state index contributed by atoms with van der Waals surface area (Å²) in [4.78, 5) is 22.9. The summed E-state index contributed by atoms with van der Waals surface area (Å²) < 4.78 is 24.5. The zero-order valence-electron chi connectivity index (χ0n) is 12.4. The molecule has 0 aliphatic rings. The number of carbonyl (C=O) groups is 2. The third kappa shape index (κ3) is 3.94. The first kappa shape index (κ1) is 16.2. The minimum Gasteiger partial charge on any atom is -0.466 e. The van der Waals surface area contributed by atoms with E-state index < -0.39 is 17.8 Å². The molecule has 0 fully saturated rings. The smallest absolute Gasteiger partial charge is 0.354 e. The predicted molar refractivity (Wildman–Crippen MR) is 79.3 cm³/mol. The number of hydrogen-bond donors (Lipinski definition) is 1. The third-order valence-electron chi connectivity index (χ3n) is 2.85. The van der Waals surface area contributed by atoms with Crippen LogP contribution >= 0.6 is 0 Å². The first-order chi connectivity index (χ1) is 11.0. The van der Waals surface area contributed by atoms with Gasteiger partial charge in [0, 0.05) is 18.1 Å². The standard InChI is InChI=1S/C15H14FN3O4/c1-22-14(20)9-12(15(21)23-2)18-10-4-5-13(11(16)8-10)19-7-3-6-17-19/h3-9,18H,1-2H3/b12-9+. The molecule has 0 saturated heterocycles. The van der Waals surface area contributed by atoms with Crippen LogP contribution in [-0.4, -0.2) is 35.9 Å². The Morgan fingerprint density at radius 2 is 2.09 bits per heavy atom. The van der Waals surface area contributed by atoms with Gasteiger partial charge in [0.1, 0.15) is 11.4 Å². The average Bonchev–Trinajstić information content (AvgIpc) is 3.07. The van der Waals surface area contributed by atoms with Crippen LogP contribution in [0.3, 0.4) is 0 Å². The Labute approximate surface area is 131 Å². The second-order valence-electron chi connectivity index (χ2n) is 4.31. The quantitative estimate of drug-likeness (QED) is 0.666. The molecule has 0 amide bonds. The van der Waals surface area contributed by atoms with Crippen molar-refractivity contribution in [2.45, 2.75) is 0 Å². The molecule has 7 nitrogen and oxygen atoms in total. The van der Waals surface area contributed by atoms with E-state index in [2.05, 4.69) is 19.9 Å². The second kappa shape index (κ2) is 7.21. The molecular formula is C15H14FN3O4. The number of aromatic nitrogens is 2. The maximum Gasteiger partial charge on any atom is 0.354 e. The number of halogens is 1. The summed E-state index contributed by atoms with van der Waals surface area (Å²) in [5, 5.41) is 6.56. The number of benzene rings is 1. The molecule has 1 heterocycles. The van der Waals surface area contributed by atoms with Gasteiger partial charge in [-0.1, -0.05) is 0 Å². The van der Waals surface area contributed by atoms with Crippen LogP contribution < -0.4 is 5.32 Å². The first-order valence-corrected chi connectivity index (χ1v) is 6.49. The number of rotatable bonds is 5. The van der Waals surface area contributed by atoms with Crippen molar-refractivity contribution in [1.82, 2.24) is 9.78 Å². The van der Waals surface area contributed by atoms with E-state index in [-0.39, 0.29) is 17.1 Å². The molecule has 0 radical (unpaired) electrons. The normalized spacial score (nSPS) is 11.0. The van der Waals surface area contributed by atoms with Gasteiger partial charge >= 0.3 is 11.9 Å². The Kier molecular flexibility index (Phi) is 5.08. The maximum absolute atomic E-state index is 14.1. The van der Waals surface area contributed by atoms with Crippen molar-refractivity contribution in [2.75, 3.05) is 19.5 Å². The molecule has 2 aromatic rings. The molecular weight excluding hydrogens is 305 g/mol.